The van der Waals surface area contributed by atoms with Crippen molar-refractivity contribution >= 4 is 0 Å². The fourth-order valence-electron chi connectivity index (χ4n) is 0.269. The third-order valence-electron chi connectivity index (χ3n) is 1.11. The smallest absolute Gasteiger partial charge is 0.143 e. The molecule has 0 aromatic carbocycles. The largest absolute Gasteiger partial charge is 0.299 e. The molecule has 0 bridgehead atoms. The summed E-state index contributed by atoms with van der Waals surface area (Å²) < 4.78 is 0. The number of hydrogen-bond acceptors (Lipinski definition) is 0. The number of rotatable bonds is 1. The van der Waals surface area contributed by atoms with Crippen LogP contribution in [-0.4, -0.2) is 0 Å². The Kier molecular flexibility index (Phi) is 3.01. The summed E-state index contributed by atoms with van der Waals surface area (Å²) in [7, 11) is 0. The number of hydrogen-bond donors (Lipinski definition) is 0. The van der Waals surface area contributed by atoms with E-state index >= 15 is 0 Å². The predicted octanol–water partition coefficient (Wildman–Crippen LogP) is 2.29. The van der Waals surface area contributed by atoms with Crippen LogP contribution < -0.4 is 0 Å². The summed E-state index contributed by atoms with van der Waals surface area (Å²) in [4.78, 5) is 0. The van der Waals surface area contributed by atoms with Crippen molar-refractivity contribution in [3.05, 3.63) is 23.5 Å². The van der Waals surface area contributed by atoms with E-state index in [0.29, 0.717) is 0 Å². The first kappa shape index (κ1) is 7.28. The molecule has 0 amide bonds. The lowest BCUT2D eigenvalue weighted by Gasteiger charge is -1.90. The third kappa shape index (κ3) is 2.45. The van der Waals surface area contributed by atoms with E-state index in [1.165, 1.54) is 5.57 Å². The molecule has 0 aliphatic heterocycles. The summed E-state index contributed by atoms with van der Waals surface area (Å²) in [6.07, 6.45) is 2.37. The molecule has 0 fully saturated rings. The van der Waals surface area contributed by atoms with Crippen molar-refractivity contribution in [1.29, 1.82) is 0 Å². The minimum Gasteiger partial charge on any atom is -0.299 e. The molecule has 0 aliphatic rings. The van der Waals surface area contributed by atoms with Crippen LogP contribution >= 0.6 is 0 Å². The van der Waals surface area contributed by atoms with E-state index in [2.05, 4.69) is 0 Å². The molecule has 0 heterocycles. The van der Waals surface area contributed by atoms with Gasteiger partial charge in [-0.25, -0.2) is 0 Å². The SMILES string of the molecule is CC(C)=C(C)/C=C/[O]. The van der Waals surface area contributed by atoms with Gasteiger partial charge in [-0.3, -0.25) is 5.11 Å². The first-order valence-electron chi connectivity index (χ1n) is 2.61. The molecule has 0 aliphatic carbocycles. The van der Waals surface area contributed by atoms with Crippen LogP contribution in [0.15, 0.2) is 23.5 Å². The first-order chi connectivity index (χ1) is 3.68. The Bertz CT molecular complexity index is 116. The van der Waals surface area contributed by atoms with Crippen LogP contribution in [0.5, 0.6) is 0 Å². The Morgan fingerprint density at radius 1 is 1.25 bits per heavy atom. The van der Waals surface area contributed by atoms with Crippen LogP contribution in [-0.2, 0) is 5.11 Å². The Labute approximate surface area is 50.3 Å². The second kappa shape index (κ2) is 3.30. The van der Waals surface area contributed by atoms with Crippen molar-refractivity contribution in [2.45, 2.75) is 20.8 Å². The van der Waals surface area contributed by atoms with Crippen molar-refractivity contribution in [1.82, 2.24) is 0 Å². The van der Waals surface area contributed by atoms with E-state index in [1.807, 2.05) is 20.8 Å². The summed E-state index contributed by atoms with van der Waals surface area (Å²) in [6, 6.07) is 0. The van der Waals surface area contributed by atoms with Gasteiger partial charge in [-0.2, -0.15) is 0 Å². The molecule has 0 saturated carbocycles. The standard InChI is InChI=1S/C7H11O/c1-6(2)7(3)4-5-8/h4-5H,1-3H3/b5-4+. The van der Waals surface area contributed by atoms with Gasteiger partial charge in [0.05, 0.1) is 0 Å². The minimum atomic E-state index is 0.808. The lowest BCUT2D eigenvalue weighted by molar-refractivity contribution is 0.351. The molecule has 0 saturated heterocycles. The zero-order valence-corrected chi connectivity index (χ0v) is 5.56. The zero-order chi connectivity index (χ0) is 6.57. The lowest BCUT2D eigenvalue weighted by Crippen LogP contribution is -1.71. The molecule has 1 heteroatoms. The zero-order valence-electron chi connectivity index (χ0n) is 5.56. The van der Waals surface area contributed by atoms with Gasteiger partial charge in [-0.1, -0.05) is 5.57 Å². The normalized spacial score (nSPS) is 9.88. The Balaban J connectivity index is 4.00. The maximum Gasteiger partial charge on any atom is 0.143 e. The van der Waals surface area contributed by atoms with E-state index in [-0.39, 0.29) is 0 Å². The number of allylic oxidation sites excluding steroid dienone is 3. The van der Waals surface area contributed by atoms with Crippen LogP contribution in [0.1, 0.15) is 20.8 Å². The molecule has 0 rings (SSSR count). The van der Waals surface area contributed by atoms with Crippen LogP contribution in [0.3, 0.4) is 0 Å². The van der Waals surface area contributed by atoms with Crippen molar-refractivity contribution in [2.24, 2.45) is 0 Å². The van der Waals surface area contributed by atoms with Crippen LogP contribution in [0.4, 0.5) is 0 Å². The summed E-state index contributed by atoms with van der Waals surface area (Å²) in [5, 5.41) is 9.83. The molecule has 0 aromatic heterocycles. The molecule has 0 N–H and O–H groups in total. The molecule has 1 nitrogen and oxygen atoms in total. The van der Waals surface area contributed by atoms with E-state index in [4.69, 9.17) is 0 Å². The van der Waals surface area contributed by atoms with Crippen molar-refractivity contribution < 1.29 is 5.11 Å². The minimum absolute atomic E-state index is 0.808. The molecule has 0 aromatic rings. The van der Waals surface area contributed by atoms with Gasteiger partial charge >= 0.3 is 0 Å². The average Bonchev–Trinajstić information content (AvgIpc) is 1.67. The molecule has 8 heavy (non-hydrogen) atoms. The fraction of sp³-hybridized carbons (Fsp3) is 0.429. The Morgan fingerprint density at radius 2 is 1.75 bits per heavy atom. The van der Waals surface area contributed by atoms with Crippen molar-refractivity contribution in [3.63, 3.8) is 0 Å². The second-order valence-electron chi connectivity index (χ2n) is 1.99. The summed E-state index contributed by atoms with van der Waals surface area (Å²) >= 11 is 0. The molecular formula is C7H11O. The van der Waals surface area contributed by atoms with Gasteiger partial charge in [0.15, 0.2) is 0 Å². The highest BCUT2D eigenvalue weighted by Gasteiger charge is 1.82. The van der Waals surface area contributed by atoms with Gasteiger partial charge in [-0.05, 0) is 32.4 Å². The molecule has 0 atom stereocenters. The van der Waals surface area contributed by atoms with Crippen LogP contribution in [0, 0.1) is 0 Å². The van der Waals surface area contributed by atoms with Gasteiger partial charge in [-0.15, -0.1) is 0 Å². The Morgan fingerprint density at radius 3 is 1.88 bits per heavy atom. The van der Waals surface area contributed by atoms with Gasteiger partial charge in [0, 0.05) is 0 Å². The van der Waals surface area contributed by atoms with E-state index < -0.39 is 0 Å². The summed E-state index contributed by atoms with van der Waals surface area (Å²) in [5.41, 5.74) is 2.25. The highest BCUT2D eigenvalue weighted by Crippen LogP contribution is 2.01. The first-order valence-corrected chi connectivity index (χ1v) is 2.61. The predicted molar refractivity (Wildman–Crippen MR) is 33.9 cm³/mol. The lowest BCUT2D eigenvalue weighted by atomic mass is 10.2. The van der Waals surface area contributed by atoms with E-state index in [1.54, 1.807) is 6.08 Å². The van der Waals surface area contributed by atoms with Gasteiger partial charge in [0.1, 0.15) is 6.26 Å². The maximum absolute atomic E-state index is 9.83. The van der Waals surface area contributed by atoms with E-state index in [9.17, 15) is 5.11 Å². The Hall–Kier alpha value is -0.720. The molecular weight excluding hydrogens is 100 g/mol. The fourth-order valence-corrected chi connectivity index (χ4v) is 0.269. The maximum atomic E-state index is 9.83. The van der Waals surface area contributed by atoms with Crippen LogP contribution in [0.2, 0.25) is 0 Å². The highest BCUT2D eigenvalue weighted by atomic mass is 16.2. The molecule has 45 valence electrons. The van der Waals surface area contributed by atoms with Crippen LogP contribution in [0.25, 0.3) is 0 Å². The third-order valence-corrected chi connectivity index (χ3v) is 1.11. The molecule has 1 radical (unpaired) electrons. The highest BCUT2D eigenvalue weighted by molar-refractivity contribution is 5.19. The van der Waals surface area contributed by atoms with Gasteiger partial charge < -0.3 is 0 Å². The molecule has 0 spiro atoms. The monoisotopic (exact) mass is 111 g/mol. The van der Waals surface area contributed by atoms with Crippen molar-refractivity contribution in [3.8, 4) is 0 Å². The van der Waals surface area contributed by atoms with E-state index in [0.717, 1.165) is 11.8 Å². The van der Waals surface area contributed by atoms with Crippen molar-refractivity contribution in [2.75, 3.05) is 0 Å². The molecule has 0 unspecified atom stereocenters. The average molecular weight is 111 g/mol. The summed E-state index contributed by atoms with van der Waals surface area (Å²) in [6.45, 7) is 5.88. The topological polar surface area (TPSA) is 19.9 Å². The van der Waals surface area contributed by atoms with Gasteiger partial charge in [0.2, 0.25) is 0 Å². The van der Waals surface area contributed by atoms with Gasteiger partial charge in [0.25, 0.3) is 0 Å². The quantitative estimate of drug-likeness (QED) is 0.365. The second-order valence-corrected chi connectivity index (χ2v) is 1.99. The summed E-state index contributed by atoms with van der Waals surface area (Å²) in [5.74, 6) is 0.